The van der Waals surface area contributed by atoms with E-state index in [0.29, 0.717) is 6.42 Å². The van der Waals surface area contributed by atoms with E-state index in [-0.39, 0.29) is 12.7 Å². The predicted octanol–water partition coefficient (Wildman–Crippen LogP) is 2.53. The van der Waals surface area contributed by atoms with Crippen LogP contribution in [0.15, 0.2) is 0 Å². The van der Waals surface area contributed by atoms with Gasteiger partial charge in [-0.2, -0.15) is 0 Å². The normalized spacial score (nSPS) is 16.3. The molecule has 1 rings (SSSR count). The zero-order valence-electron chi connectivity index (χ0n) is 13.5. The average Bonchev–Trinajstić information content (AvgIpc) is 3.01. The van der Waals surface area contributed by atoms with E-state index in [9.17, 15) is 9.59 Å². The molecule has 1 saturated carbocycles. The summed E-state index contributed by atoms with van der Waals surface area (Å²) in [6.45, 7) is 0.222. The van der Waals surface area contributed by atoms with Gasteiger partial charge in [0.2, 0.25) is 0 Å². The van der Waals surface area contributed by atoms with E-state index in [1.54, 1.807) is 0 Å². The summed E-state index contributed by atoms with van der Waals surface area (Å²) in [4.78, 5) is 23.6. The van der Waals surface area contributed by atoms with Crippen molar-refractivity contribution in [2.75, 3.05) is 13.7 Å². The molecule has 0 bridgehead atoms. The Balaban J connectivity index is 2.26. The number of ether oxygens (including phenoxy) is 2. The van der Waals surface area contributed by atoms with Gasteiger partial charge < -0.3 is 19.9 Å². The largest absolute Gasteiger partial charge is 0.467 e. The first kappa shape index (κ1) is 18.7. The van der Waals surface area contributed by atoms with Gasteiger partial charge in [-0.3, -0.25) is 0 Å². The first-order valence-corrected chi connectivity index (χ1v) is 8.33. The average molecular weight is 315 g/mol. The van der Waals surface area contributed by atoms with Gasteiger partial charge in [-0.1, -0.05) is 25.7 Å². The van der Waals surface area contributed by atoms with E-state index in [4.69, 9.17) is 14.6 Å². The number of unbranched alkanes of at least 4 members (excludes halogenated alkanes) is 4. The molecule has 0 aliphatic heterocycles. The van der Waals surface area contributed by atoms with Gasteiger partial charge in [0.1, 0.15) is 12.1 Å². The Hall–Kier alpha value is -1.30. The van der Waals surface area contributed by atoms with Crippen molar-refractivity contribution in [1.29, 1.82) is 0 Å². The second kappa shape index (κ2) is 11.3. The van der Waals surface area contributed by atoms with Crippen LogP contribution in [0.2, 0.25) is 0 Å². The van der Waals surface area contributed by atoms with E-state index < -0.39 is 18.1 Å². The summed E-state index contributed by atoms with van der Waals surface area (Å²) in [5, 5.41) is 11.3. The topological polar surface area (TPSA) is 84.9 Å². The maximum atomic E-state index is 11.8. The van der Waals surface area contributed by atoms with E-state index in [1.807, 2.05) is 0 Å². The standard InChI is InChI=1S/C16H29NO5/c1-21-15(19)14(11-5-3-2-4-8-12-18)17-16(20)22-13-9-6-7-10-13/h13-14,18H,2-12H2,1H3,(H,17,20). The molecule has 1 aliphatic rings. The number of rotatable bonds is 10. The molecule has 1 atom stereocenters. The third-order valence-electron chi connectivity index (χ3n) is 4.00. The number of carbonyl (C=O) groups excluding carboxylic acids is 2. The fourth-order valence-corrected chi connectivity index (χ4v) is 2.72. The molecular formula is C16H29NO5. The molecule has 1 fully saturated rings. The van der Waals surface area contributed by atoms with Crippen molar-refractivity contribution in [1.82, 2.24) is 5.32 Å². The van der Waals surface area contributed by atoms with Crippen molar-refractivity contribution in [3.8, 4) is 0 Å². The second-order valence-electron chi connectivity index (χ2n) is 5.81. The first-order valence-electron chi connectivity index (χ1n) is 8.33. The maximum Gasteiger partial charge on any atom is 0.408 e. The smallest absolute Gasteiger partial charge is 0.408 e. The molecule has 128 valence electrons. The second-order valence-corrected chi connectivity index (χ2v) is 5.81. The highest BCUT2D eigenvalue weighted by molar-refractivity contribution is 5.81. The first-order chi connectivity index (χ1) is 10.7. The van der Waals surface area contributed by atoms with Crippen molar-refractivity contribution in [3.05, 3.63) is 0 Å². The van der Waals surface area contributed by atoms with Crippen LogP contribution in [0.4, 0.5) is 4.79 Å². The minimum Gasteiger partial charge on any atom is -0.467 e. The number of aliphatic hydroxyl groups is 1. The van der Waals surface area contributed by atoms with Crippen molar-refractivity contribution in [3.63, 3.8) is 0 Å². The van der Waals surface area contributed by atoms with E-state index in [0.717, 1.165) is 57.8 Å². The van der Waals surface area contributed by atoms with Crippen molar-refractivity contribution >= 4 is 12.1 Å². The number of carbonyl (C=O) groups is 2. The molecule has 1 aliphatic carbocycles. The van der Waals surface area contributed by atoms with Gasteiger partial charge >= 0.3 is 12.1 Å². The number of alkyl carbamates (subject to hydrolysis) is 1. The Morgan fingerprint density at radius 2 is 1.77 bits per heavy atom. The molecule has 0 saturated heterocycles. The van der Waals surface area contributed by atoms with Crippen LogP contribution >= 0.6 is 0 Å². The molecule has 2 N–H and O–H groups in total. The summed E-state index contributed by atoms with van der Waals surface area (Å²) >= 11 is 0. The molecule has 0 heterocycles. The molecule has 0 aromatic rings. The number of hydrogen-bond donors (Lipinski definition) is 2. The van der Waals surface area contributed by atoms with Gasteiger partial charge in [0.25, 0.3) is 0 Å². The zero-order valence-corrected chi connectivity index (χ0v) is 13.5. The number of esters is 1. The Morgan fingerprint density at radius 3 is 2.41 bits per heavy atom. The lowest BCUT2D eigenvalue weighted by atomic mass is 10.1. The number of methoxy groups -OCH3 is 1. The molecule has 0 aromatic carbocycles. The monoisotopic (exact) mass is 315 g/mol. The summed E-state index contributed by atoms with van der Waals surface area (Å²) in [7, 11) is 1.32. The lowest BCUT2D eigenvalue weighted by molar-refractivity contribution is -0.143. The molecule has 0 radical (unpaired) electrons. The molecule has 1 unspecified atom stereocenters. The van der Waals surface area contributed by atoms with E-state index in [1.165, 1.54) is 7.11 Å². The minimum absolute atomic E-state index is 0.0169. The highest BCUT2D eigenvalue weighted by Crippen LogP contribution is 2.21. The van der Waals surface area contributed by atoms with Crippen LogP contribution in [-0.2, 0) is 14.3 Å². The SMILES string of the molecule is COC(=O)C(CCCCCCCO)NC(=O)OC1CCCC1. The summed E-state index contributed by atoms with van der Waals surface area (Å²) in [5.74, 6) is -0.432. The lowest BCUT2D eigenvalue weighted by Crippen LogP contribution is -2.42. The highest BCUT2D eigenvalue weighted by atomic mass is 16.6. The molecule has 0 aromatic heterocycles. The third-order valence-corrected chi connectivity index (χ3v) is 4.00. The number of hydrogen-bond acceptors (Lipinski definition) is 5. The van der Waals surface area contributed by atoms with Crippen molar-refractivity contribution in [2.45, 2.75) is 76.4 Å². The highest BCUT2D eigenvalue weighted by Gasteiger charge is 2.24. The van der Waals surface area contributed by atoms with Crippen LogP contribution in [0.3, 0.4) is 0 Å². The van der Waals surface area contributed by atoms with Gasteiger partial charge in [-0.15, -0.1) is 0 Å². The van der Waals surface area contributed by atoms with Crippen LogP contribution in [0.5, 0.6) is 0 Å². The van der Waals surface area contributed by atoms with Gasteiger partial charge in [0.15, 0.2) is 0 Å². The van der Waals surface area contributed by atoms with E-state index >= 15 is 0 Å². The van der Waals surface area contributed by atoms with Crippen LogP contribution < -0.4 is 5.32 Å². The number of nitrogens with one attached hydrogen (secondary N) is 1. The predicted molar refractivity (Wildman–Crippen MR) is 82.5 cm³/mol. The Kier molecular flexibility index (Phi) is 9.62. The Morgan fingerprint density at radius 1 is 1.14 bits per heavy atom. The van der Waals surface area contributed by atoms with Gasteiger partial charge in [-0.05, 0) is 38.5 Å². The van der Waals surface area contributed by atoms with Crippen molar-refractivity contribution < 1.29 is 24.2 Å². The minimum atomic E-state index is -0.642. The summed E-state index contributed by atoms with van der Waals surface area (Å²) in [5.41, 5.74) is 0. The Labute approximate surface area is 132 Å². The van der Waals surface area contributed by atoms with Crippen LogP contribution in [-0.4, -0.2) is 43.0 Å². The van der Waals surface area contributed by atoms with E-state index in [2.05, 4.69) is 5.32 Å². The fraction of sp³-hybridized carbons (Fsp3) is 0.875. The third kappa shape index (κ3) is 7.64. The fourth-order valence-electron chi connectivity index (χ4n) is 2.72. The number of amides is 1. The van der Waals surface area contributed by atoms with Crippen LogP contribution in [0.1, 0.15) is 64.2 Å². The molecular weight excluding hydrogens is 286 g/mol. The lowest BCUT2D eigenvalue weighted by Gasteiger charge is -2.18. The molecule has 6 heteroatoms. The Bertz CT molecular complexity index is 328. The molecule has 6 nitrogen and oxygen atoms in total. The summed E-state index contributed by atoms with van der Waals surface area (Å²) in [6, 6.07) is -0.642. The van der Waals surface area contributed by atoms with Gasteiger partial charge in [0.05, 0.1) is 7.11 Å². The molecule has 22 heavy (non-hydrogen) atoms. The van der Waals surface area contributed by atoms with Crippen LogP contribution in [0, 0.1) is 0 Å². The summed E-state index contributed by atoms with van der Waals surface area (Å²) in [6.07, 6.45) is 8.59. The van der Waals surface area contributed by atoms with Crippen molar-refractivity contribution in [2.24, 2.45) is 0 Å². The summed E-state index contributed by atoms with van der Waals surface area (Å²) < 4.78 is 10.0. The zero-order chi connectivity index (χ0) is 16.2. The van der Waals surface area contributed by atoms with Gasteiger partial charge in [-0.25, -0.2) is 9.59 Å². The maximum absolute atomic E-state index is 11.8. The number of aliphatic hydroxyl groups excluding tert-OH is 1. The quantitative estimate of drug-likeness (QED) is 0.478. The molecule has 0 spiro atoms. The molecule has 1 amide bonds. The van der Waals surface area contributed by atoms with Crippen LogP contribution in [0.25, 0.3) is 0 Å². The van der Waals surface area contributed by atoms with Gasteiger partial charge in [0, 0.05) is 6.61 Å².